The fourth-order valence-electron chi connectivity index (χ4n) is 1.25. The zero-order chi connectivity index (χ0) is 10.6. The van der Waals surface area contributed by atoms with E-state index in [0.717, 1.165) is 5.69 Å². The highest BCUT2D eigenvalue weighted by Gasteiger charge is 2.02. The number of nitriles is 1. The molecule has 1 unspecified atom stereocenters. The van der Waals surface area contributed by atoms with Crippen molar-refractivity contribution in [2.24, 2.45) is 5.92 Å². The van der Waals surface area contributed by atoms with Crippen LogP contribution in [0, 0.1) is 31.1 Å². The Morgan fingerprint density at radius 3 is 2.79 bits per heavy atom. The summed E-state index contributed by atoms with van der Waals surface area (Å²) in [5.41, 5.74) is 3.67. The van der Waals surface area contributed by atoms with Crippen molar-refractivity contribution < 1.29 is 0 Å². The summed E-state index contributed by atoms with van der Waals surface area (Å²) in [6.07, 6.45) is 0. The molecular weight excluding hydrogens is 172 g/mol. The van der Waals surface area contributed by atoms with Crippen LogP contribution in [0.15, 0.2) is 18.2 Å². The fourth-order valence-corrected chi connectivity index (χ4v) is 1.25. The van der Waals surface area contributed by atoms with Crippen LogP contribution in [0.3, 0.4) is 0 Å². The number of nitrogens with one attached hydrogen (secondary N) is 1. The van der Waals surface area contributed by atoms with E-state index in [1.165, 1.54) is 11.1 Å². The Kier molecular flexibility index (Phi) is 3.53. The molecule has 1 aromatic carbocycles. The highest BCUT2D eigenvalue weighted by atomic mass is 14.9. The van der Waals surface area contributed by atoms with E-state index in [-0.39, 0.29) is 5.92 Å². The molecule has 1 aromatic rings. The van der Waals surface area contributed by atoms with E-state index >= 15 is 0 Å². The Balaban J connectivity index is 2.69. The number of nitrogens with zero attached hydrogens (tertiary/aromatic N) is 1. The lowest BCUT2D eigenvalue weighted by Crippen LogP contribution is -2.10. The Morgan fingerprint density at radius 2 is 2.14 bits per heavy atom. The van der Waals surface area contributed by atoms with E-state index in [1.54, 1.807) is 0 Å². The molecule has 2 nitrogen and oxygen atoms in total. The fraction of sp³-hybridized carbons (Fsp3) is 0.417. The molecule has 0 saturated carbocycles. The molecule has 0 fully saturated rings. The predicted molar refractivity (Wildman–Crippen MR) is 59.2 cm³/mol. The molecule has 0 spiro atoms. The van der Waals surface area contributed by atoms with E-state index < -0.39 is 0 Å². The lowest BCUT2D eigenvalue weighted by atomic mass is 10.1. The molecule has 0 radical (unpaired) electrons. The number of aryl methyl sites for hydroxylation is 1. The summed E-state index contributed by atoms with van der Waals surface area (Å²) in [6, 6.07) is 8.38. The van der Waals surface area contributed by atoms with Gasteiger partial charge in [-0.05, 0) is 38.0 Å². The normalized spacial score (nSPS) is 11.9. The Labute approximate surface area is 85.6 Å². The highest BCUT2D eigenvalue weighted by Crippen LogP contribution is 2.17. The van der Waals surface area contributed by atoms with E-state index in [4.69, 9.17) is 5.26 Å². The van der Waals surface area contributed by atoms with E-state index in [1.807, 2.05) is 19.1 Å². The highest BCUT2D eigenvalue weighted by molar-refractivity contribution is 5.53. The molecule has 0 aliphatic heterocycles. The Bertz CT molecular complexity index is 350. The lowest BCUT2D eigenvalue weighted by molar-refractivity contribution is 0.785. The van der Waals surface area contributed by atoms with Gasteiger partial charge >= 0.3 is 0 Å². The molecule has 0 aliphatic carbocycles. The first kappa shape index (κ1) is 10.6. The van der Waals surface area contributed by atoms with Crippen molar-refractivity contribution in [3.8, 4) is 6.07 Å². The van der Waals surface area contributed by atoms with Crippen LogP contribution in [0.25, 0.3) is 0 Å². The van der Waals surface area contributed by atoms with Gasteiger partial charge in [0, 0.05) is 12.2 Å². The zero-order valence-corrected chi connectivity index (χ0v) is 8.96. The van der Waals surface area contributed by atoms with Crippen LogP contribution in [-0.2, 0) is 0 Å². The van der Waals surface area contributed by atoms with Gasteiger partial charge in [-0.15, -0.1) is 0 Å². The van der Waals surface area contributed by atoms with E-state index in [2.05, 4.69) is 31.3 Å². The summed E-state index contributed by atoms with van der Waals surface area (Å²) in [6.45, 7) is 6.81. The number of rotatable bonds is 3. The first-order chi connectivity index (χ1) is 6.65. The summed E-state index contributed by atoms with van der Waals surface area (Å²) < 4.78 is 0. The van der Waals surface area contributed by atoms with Gasteiger partial charge in [-0.2, -0.15) is 5.26 Å². The van der Waals surface area contributed by atoms with Crippen molar-refractivity contribution >= 4 is 5.69 Å². The minimum atomic E-state index is 0.0508. The molecule has 74 valence electrons. The standard InChI is InChI=1S/C12H16N2/c1-9(7-13)8-14-12-6-4-5-10(2)11(12)3/h4-6,9,14H,8H2,1-3H3. The first-order valence-corrected chi connectivity index (χ1v) is 4.85. The third-order valence-electron chi connectivity index (χ3n) is 2.42. The Hall–Kier alpha value is -1.49. The lowest BCUT2D eigenvalue weighted by Gasteiger charge is -2.11. The van der Waals surface area contributed by atoms with Gasteiger partial charge in [0.2, 0.25) is 0 Å². The van der Waals surface area contributed by atoms with Crippen LogP contribution in [0.4, 0.5) is 5.69 Å². The SMILES string of the molecule is Cc1cccc(NCC(C)C#N)c1C. The van der Waals surface area contributed by atoms with Crippen LogP contribution in [0.1, 0.15) is 18.1 Å². The molecule has 2 heteroatoms. The molecule has 0 bridgehead atoms. The van der Waals surface area contributed by atoms with Crippen LogP contribution < -0.4 is 5.32 Å². The first-order valence-electron chi connectivity index (χ1n) is 4.85. The quantitative estimate of drug-likeness (QED) is 0.791. The summed E-state index contributed by atoms with van der Waals surface area (Å²) in [7, 11) is 0. The summed E-state index contributed by atoms with van der Waals surface area (Å²) in [4.78, 5) is 0. The summed E-state index contributed by atoms with van der Waals surface area (Å²) in [5, 5.41) is 11.9. The maximum atomic E-state index is 8.65. The molecule has 0 amide bonds. The summed E-state index contributed by atoms with van der Waals surface area (Å²) in [5.74, 6) is 0.0508. The van der Waals surface area contributed by atoms with Crippen molar-refractivity contribution in [1.29, 1.82) is 5.26 Å². The average Bonchev–Trinajstić information content (AvgIpc) is 2.20. The van der Waals surface area contributed by atoms with Crippen molar-refractivity contribution in [2.75, 3.05) is 11.9 Å². The van der Waals surface area contributed by atoms with Crippen molar-refractivity contribution in [3.63, 3.8) is 0 Å². The molecule has 0 saturated heterocycles. The molecule has 0 aliphatic rings. The molecule has 1 atom stereocenters. The largest absolute Gasteiger partial charge is 0.384 e. The molecule has 14 heavy (non-hydrogen) atoms. The van der Waals surface area contributed by atoms with Crippen molar-refractivity contribution in [3.05, 3.63) is 29.3 Å². The van der Waals surface area contributed by atoms with Crippen LogP contribution in [0.2, 0.25) is 0 Å². The van der Waals surface area contributed by atoms with Gasteiger partial charge < -0.3 is 5.32 Å². The van der Waals surface area contributed by atoms with Gasteiger partial charge in [-0.1, -0.05) is 12.1 Å². The number of hydrogen-bond acceptors (Lipinski definition) is 2. The number of anilines is 1. The smallest absolute Gasteiger partial charge is 0.0671 e. The Morgan fingerprint density at radius 1 is 1.43 bits per heavy atom. The van der Waals surface area contributed by atoms with Crippen molar-refractivity contribution in [1.82, 2.24) is 0 Å². The van der Waals surface area contributed by atoms with Crippen LogP contribution in [0.5, 0.6) is 0 Å². The molecule has 0 aromatic heterocycles. The van der Waals surface area contributed by atoms with E-state index in [9.17, 15) is 0 Å². The topological polar surface area (TPSA) is 35.8 Å². The van der Waals surface area contributed by atoms with Gasteiger partial charge in [0.15, 0.2) is 0 Å². The third kappa shape index (κ3) is 2.50. The second kappa shape index (κ2) is 4.66. The van der Waals surface area contributed by atoms with Gasteiger partial charge in [0.25, 0.3) is 0 Å². The second-order valence-electron chi connectivity index (χ2n) is 3.66. The van der Waals surface area contributed by atoms with Gasteiger partial charge in [-0.25, -0.2) is 0 Å². The van der Waals surface area contributed by atoms with Gasteiger partial charge in [0.05, 0.1) is 12.0 Å². The van der Waals surface area contributed by atoms with E-state index in [0.29, 0.717) is 6.54 Å². The van der Waals surface area contributed by atoms with Crippen LogP contribution >= 0.6 is 0 Å². The second-order valence-corrected chi connectivity index (χ2v) is 3.66. The maximum absolute atomic E-state index is 8.65. The monoisotopic (exact) mass is 188 g/mol. The van der Waals surface area contributed by atoms with Gasteiger partial charge in [0.1, 0.15) is 0 Å². The van der Waals surface area contributed by atoms with Crippen LogP contribution in [-0.4, -0.2) is 6.54 Å². The molecule has 1 rings (SSSR count). The number of hydrogen-bond donors (Lipinski definition) is 1. The minimum absolute atomic E-state index is 0.0508. The van der Waals surface area contributed by atoms with Crippen molar-refractivity contribution in [2.45, 2.75) is 20.8 Å². The molecule has 1 N–H and O–H groups in total. The molecular formula is C12H16N2. The minimum Gasteiger partial charge on any atom is -0.384 e. The summed E-state index contributed by atoms with van der Waals surface area (Å²) >= 11 is 0. The third-order valence-corrected chi connectivity index (χ3v) is 2.42. The van der Waals surface area contributed by atoms with Gasteiger partial charge in [-0.3, -0.25) is 0 Å². The maximum Gasteiger partial charge on any atom is 0.0671 e. The predicted octanol–water partition coefficient (Wildman–Crippen LogP) is 2.88. The molecule has 0 heterocycles. The average molecular weight is 188 g/mol. The number of benzene rings is 1. The zero-order valence-electron chi connectivity index (χ0n) is 8.96.